The Morgan fingerprint density at radius 1 is 0.909 bits per heavy atom. The Morgan fingerprint density at radius 2 is 1.55 bits per heavy atom. The number of benzene rings is 2. The highest BCUT2D eigenvalue weighted by Gasteiger charge is 2.19. The first-order valence-electron chi connectivity index (χ1n) is 10.8. The fourth-order valence-electron chi connectivity index (χ4n) is 3.55. The fraction of sp³-hybridized carbons (Fsp3) is 0.333. The number of nitrogens with one attached hydrogen (secondary N) is 2. The SMILES string of the molecule is CCN(CC)c1cc(C)nc(Nc2ccc(NS(=O)(=O)c3cc(C)c(OC)cc3C)cc2)n1. The van der Waals surface area contributed by atoms with Crippen LogP contribution < -0.4 is 19.7 Å². The molecule has 33 heavy (non-hydrogen) atoms. The van der Waals surface area contributed by atoms with Crippen molar-refractivity contribution in [2.75, 3.05) is 35.1 Å². The molecule has 176 valence electrons. The number of rotatable bonds is 9. The van der Waals surface area contributed by atoms with Crippen LogP contribution in [0.2, 0.25) is 0 Å². The molecule has 0 atom stereocenters. The molecule has 0 saturated carbocycles. The maximum atomic E-state index is 13.0. The molecule has 1 heterocycles. The highest BCUT2D eigenvalue weighted by molar-refractivity contribution is 7.92. The minimum Gasteiger partial charge on any atom is -0.496 e. The van der Waals surface area contributed by atoms with E-state index in [9.17, 15) is 8.42 Å². The topological polar surface area (TPSA) is 96.5 Å². The Kier molecular flexibility index (Phi) is 7.43. The van der Waals surface area contributed by atoms with Crippen LogP contribution in [-0.2, 0) is 10.0 Å². The van der Waals surface area contributed by atoms with Gasteiger partial charge in [0.15, 0.2) is 0 Å². The Labute approximate surface area is 196 Å². The second-order valence-electron chi connectivity index (χ2n) is 7.76. The van der Waals surface area contributed by atoms with Crippen molar-refractivity contribution in [3.05, 3.63) is 59.3 Å². The number of ether oxygens (including phenoxy) is 1. The molecule has 3 rings (SSSR count). The molecule has 0 bridgehead atoms. The largest absolute Gasteiger partial charge is 0.496 e. The van der Waals surface area contributed by atoms with Crippen molar-refractivity contribution in [1.29, 1.82) is 0 Å². The van der Waals surface area contributed by atoms with Gasteiger partial charge in [0.05, 0.1) is 12.0 Å². The van der Waals surface area contributed by atoms with E-state index in [-0.39, 0.29) is 4.90 Å². The van der Waals surface area contributed by atoms with E-state index in [1.165, 1.54) is 0 Å². The number of hydrogen-bond donors (Lipinski definition) is 2. The average Bonchev–Trinajstić information content (AvgIpc) is 2.76. The third-order valence-electron chi connectivity index (χ3n) is 5.30. The molecule has 0 aliphatic carbocycles. The molecule has 0 aliphatic heterocycles. The lowest BCUT2D eigenvalue weighted by Crippen LogP contribution is -2.23. The van der Waals surface area contributed by atoms with Crippen LogP contribution in [0.3, 0.4) is 0 Å². The van der Waals surface area contributed by atoms with Gasteiger partial charge < -0.3 is 15.0 Å². The number of methoxy groups -OCH3 is 1. The molecule has 0 unspecified atom stereocenters. The van der Waals surface area contributed by atoms with Crippen LogP contribution in [0.15, 0.2) is 47.4 Å². The first-order valence-corrected chi connectivity index (χ1v) is 12.3. The van der Waals surface area contributed by atoms with Crippen molar-refractivity contribution in [3.63, 3.8) is 0 Å². The average molecular weight is 470 g/mol. The molecule has 0 amide bonds. The number of aryl methyl sites for hydroxylation is 3. The third-order valence-corrected chi connectivity index (χ3v) is 6.83. The van der Waals surface area contributed by atoms with Gasteiger partial charge in [-0.25, -0.2) is 13.4 Å². The van der Waals surface area contributed by atoms with Crippen LogP contribution in [0.25, 0.3) is 0 Å². The molecule has 0 spiro atoms. The van der Waals surface area contributed by atoms with Crippen molar-refractivity contribution >= 4 is 33.2 Å². The number of nitrogens with zero attached hydrogens (tertiary/aromatic N) is 3. The van der Waals surface area contributed by atoms with Crippen molar-refractivity contribution in [2.45, 2.75) is 39.5 Å². The highest BCUT2D eigenvalue weighted by atomic mass is 32.2. The van der Waals surface area contributed by atoms with Gasteiger partial charge >= 0.3 is 0 Å². The molecule has 0 radical (unpaired) electrons. The number of aromatic nitrogens is 2. The normalized spacial score (nSPS) is 11.2. The van der Waals surface area contributed by atoms with Gasteiger partial charge in [-0.15, -0.1) is 0 Å². The van der Waals surface area contributed by atoms with Gasteiger partial charge in [-0.05, 0) is 82.1 Å². The van der Waals surface area contributed by atoms with E-state index in [1.807, 2.05) is 19.9 Å². The molecule has 2 N–H and O–H groups in total. The van der Waals surface area contributed by atoms with Crippen molar-refractivity contribution < 1.29 is 13.2 Å². The van der Waals surface area contributed by atoms with E-state index < -0.39 is 10.0 Å². The van der Waals surface area contributed by atoms with E-state index >= 15 is 0 Å². The van der Waals surface area contributed by atoms with Crippen LogP contribution in [0.5, 0.6) is 5.75 Å². The van der Waals surface area contributed by atoms with Gasteiger partial charge in [0.25, 0.3) is 10.0 Å². The van der Waals surface area contributed by atoms with Crippen molar-refractivity contribution in [2.24, 2.45) is 0 Å². The van der Waals surface area contributed by atoms with Gasteiger partial charge in [0.2, 0.25) is 5.95 Å². The zero-order chi connectivity index (χ0) is 24.2. The Balaban J connectivity index is 1.78. The molecular formula is C24H31N5O3S. The summed E-state index contributed by atoms with van der Waals surface area (Å²) in [5.41, 5.74) is 3.45. The first-order chi connectivity index (χ1) is 15.7. The fourth-order valence-corrected chi connectivity index (χ4v) is 4.92. The molecule has 2 aromatic carbocycles. The lowest BCUT2D eigenvalue weighted by atomic mass is 10.1. The van der Waals surface area contributed by atoms with Crippen LogP contribution in [0.4, 0.5) is 23.1 Å². The number of hydrogen-bond acceptors (Lipinski definition) is 7. The molecule has 3 aromatic rings. The van der Waals surface area contributed by atoms with E-state index in [4.69, 9.17) is 4.74 Å². The molecular weight excluding hydrogens is 438 g/mol. The number of sulfonamides is 1. The molecule has 9 heteroatoms. The lowest BCUT2D eigenvalue weighted by molar-refractivity contribution is 0.411. The molecule has 1 aromatic heterocycles. The summed E-state index contributed by atoms with van der Waals surface area (Å²) >= 11 is 0. The number of anilines is 4. The summed E-state index contributed by atoms with van der Waals surface area (Å²) in [7, 11) is -2.18. The summed E-state index contributed by atoms with van der Waals surface area (Å²) in [6, 6.07) is 12.3. The molecule has 0 saturated heterocycles. The maximum absolute atomic E-state index is 13.0. The zero-order valence-electron chi connectivity index (χ0n) is 19.9. The second-order valence-corrected chi connectivity index (χ2v) is 9.41. The zero-order valence-corrected chi connectivity index (χ0v) is 20.7. The van der Waals surface area contributed by atoms with Crippen LogP contribution in [0.1, 0.15) is 30.7 Å². The standard InChI is InChI=1S/C24H31N5O3S/c1-7-29(8-2)23-15-18(5)25-24(27-23)26-19-9-11-20(12-10-19)28-33(30,31)22-14-16(3)21(32-6)13-17(22)4/h9-15,28H,7-8H2,1-6H3,(H,25,26,27). The van der Waals surface area contributed by atoms with E-state index in [0.29, 0.717) is 22.9 Å². The van der Waals surface area contributed by atoms with Crippen molar-refractivity contribution in [1.82, 2.24) is 9.97 Å². The highest BCUT2D eigenvalue weighted by Crippen LogP contribution is 2.27. The molecule has 0 fully saturated rings. The Hall–Kier alpha value is -3.33. The summed E-state index contributed by atoms with van der Waals surface area (Å²) in [5.74, 6) is 2.02. The van der Waals surface area contributed by atoms with Crippen LogP contribution in [0, 0.1) is 20.8 Å². The van der Waals surface area contributed by atoms with E-state index in [2.05, 4.69) is 38.8 Å². The minimum absolute atomic E-state index is 0.222. The smallest absolute Gasteiger partial charge is 0.262 e. The van der Waals surface area contributed by atoms with E-state index in [1.54, 1.807) is 50.4 Å². The van der Waals surface area contributed by atoms with Crippen molar-refractivity contribution in [3.8, 4) is 5.75 Å². The van der Waals surface area contributed by atoms with Gasteiger partial charge in [-0.3, -0.25) is 4.72 Å². The third kappa shape index (κ3) is 5.73. The van der Waals surface area contributed by atoms with Gasteiger partial charge in [-0.2, -0.15) is 4.98 Å². The predicted octanol–water partition coefficient (Wildman–Crippen LogP) is 4.80. The summed E-state index contributed by atoms with van der Waals surface area (Å²) in [6.45, 7) is 11.4. The van der Waals surface area contributed by atoms with Crippen LogP contribution in [-0.4, -0.2) is 38.6 Å². The first kappa shape index (κ1) is 24.3. The Bertz CT molecular complexity index is 1220. The van der Waals surface area contributed by atoms with Crippen LogP contribution >= 0.6 is 0 Å². The Morgan fingerprint density at radius 3 is 2.15 bits per heavy atom. The quantitative estimate of drug-likeness (QED) is 0.465. The molecule has 0 aliphatic rings. The predicted molar refractivity (Wildman–Crippen MR) is 133 cm³/mol. The summed E-state index contributed by atoms with van der Waals surface area (Å²) in [6.07, 6.45) is 0. The van der Waals surface area contributed by atoms with Gasteiger partial charge in [0.1, 0.15) is 11.6 Å². The second kappa shape index (κ2) is 10.1. The maximum Gasteiger partial charge on any atom is 0.262 e. The summed E-state index contributed by atoms with van der Waals surface area (Å²) < 4.78 is 33.8. The minimum atomic E-state index is -3.75. The van der Waals surface area contributed by atoms with Gasteiger partial charge in [0, 0.05) is 36.2 Å². The summed E-state index contributed by atoms with van der Waals surface area (Å²) in [4.78, 5) is 11.4. The lowest BCUT2D eigenvalue weighted by Gasteiger charge is -2.20. The monoisotopic (exact) mass is 469 g/mol. The summed E-state index contributed by atoms with van der Waals surface area (Å²) in [5, 5.41) is 3.20. The molecule has 8 nitrogen and oxygen atoms in total. The van der Waals surface area contributed by atoms with E-state index in [0.717, 1.165) is 35.9 Å². The van der Waals surface area contributed by atoms with Gasteiger partial charge in [-0.1, -0.05) is 0 Å².